The fourth-order valence-corrected chi connectivity index (χ4v) is 0.275. The van der Waals surface area contributed by atoms with Gasteiger partial charge in [0, 0.05) is 12.8 Å². The van der Waals surface area contributed by atoms with Crippen molar-refractivity contribution in [3.05, 3.63) is 12.2 Å². The highest BCUT2D eigenvalue weighted by Gasteiger charge is 2.30. The van der Waals surface area contributed by atoms with Crippen molar-refractivity contribution in [3.8, 4) is 0 Å². The summed E-state index contributed by atoms with van der Waals surface area (Å²) < 4.78 is 34.7. The summed E-state index contributed by atoms with van der Waals surface area (Å²) in [7, 11) is 0. The fourth-order valence-electron chi connectivity index (χ4n) is 0.275. The van der Waals surface area contributed by atoms with Crippen LogP contribution < -0.4 is 0 Å². The van der Waals surface area contributed by atoms with Crippen molar-refractivity contribution in [2.75, 3.05) is 6.54 Å². The summed E-state index contributed by atoms with van der Waals surface area (Å²) in [5.41, 5.74) is -0.908. The van der Waals surface area contributed by atoms with E-state index in [1.54, 1.807) is 6.92 Å². The van der Waals surface area contributed by atoms with E-state index in [-0.39, 0.29) is 0 Å². The van der Waals surface area contributed by atoms with E-state index >= 15 is 0 Å². The topological polar surface area (TPSA) is 12.4 Å². The second-order valence-electron chi connectivity index (χ2n) is 1.65. The van der Waals surface area contributed by atoms with Crippen molar-refractivity contribution < 1.29 is 13.2 Å². The summed E-state index contributed by atoms with van der Waals surface area (Å²) >= 11 is 0. The van der Waals surface area contributed by atoms with Gasteiger partial charge in [-0.2, -0.15) is 13.2 Å². The van der Waals surface area contributed by atoms with Gasteiger partial charge < -0.3 is 0 Å². The normalized spacial score (nSPS) is 12.4. The van der Waals surface area contributed by atoms with Gasteiger partial charge in [-0.3, -0.25) is 4.99 Å². The molecule has 0 aliphatic heterocycles. The first-order valence-electron chi connectivity index (χ1n) is 2.74. The molecule has 0 saturated carbocycles. The maximum Gasteiger partial charge on any atom is 0.417 e. The molecule has 0 aromatic heterocycles. The third kappa shape index (κ3) is 3.27. The molecule has 0 fully saturated rings. The molecule has 0 aromatic carbocycles. The number of nitrogens with zero attached hydrogens (tertiary/aromatic N) is 1. The van der Waals surface area contributed by atoms with Crippen molar-refractivity contribution in [1.82, 2.24) is 0 Å². The molecule has 0 bridgehead atoms. The molecule has 0 saturated heterocycles. The first-order chi connectivity index (χ1) is 4.48. The molecule has 0 unspecified atom stereocenters. The Bertz CT molecular complexity index is 146. The van der Waals surface area contributed by atoms with Crippen molar-refractivity contribution in [1.29, 1.82) is 0 Å². The molecule has 0 aliphatic rings. The van der Waals surface area contributed by atoms with E-state index in [9.17, 15) is 13.2 Å². The van der Waals surface area contributed by atoms with E-state index in [2.05, 4.69) is 11.6 Å². The molecule has 0 aromatic rings. The number of hydrogen-bond donors (Lipinski definition) is 0. The first kappa shape index (κ1) is 9.20. The summed E-state index contributed by atoms with van der Waals surface area (Å²) in [5, 5.41) is 0. The van der Waals surface area contributed by atoms with Crippen LogP contribution in [0.4, 0.5) is 13.2 Å². The van der Waals surface area contributed by atoms with Crippen LogP contribution in [-0.4, -0.2) is 18.9 Å². The molecule has 4 heteroatoms. The summed E-state index contributed by atoms with van der Waals surface area (Å²) in [5.74, 6) is 0. The second-order valence-corrected chi connectivity index (χ2v) is 1.65. The predicted molar refractivity (Wildman–Crippen MR) is 34.2 cm³/mol. The second kappa shape index (κ2) is 3.39. The lowest BCUT2D eigenvalue weighted by molar-refractivity contribution is -0.0852. The SMILES string of the molecule is C=C(C=NCC)C(F)(F)F. The Morgan fingerprint density at radius 3 is 2.40 bits per heavy atom. The third-order valence-electron chi connectivity index (χ3n) is 0.794. The predicted octanol–water partition coefficient (Wildman–Crippen LogP) is 2.20. The number of halogens is 3. The molecule has 1 nitrogen and oxygen atoms in total. The Balaban J connectivity index is 3.98. The Hall–Kier alpha value is -0.800. The smallest absolute Gasteiger partial charge is 0.293 e. The highest BCUT2D eigenvalue weighted by Crippen LogP contribution is 2.21. The molecule has 0 amide bonds. The maximum absolute atomic E-state index is 11.6. The largest absolute Gasteiger partial charge is 0.417 e. The van der Waals surface area contributed by atoms with E-state index in [0.717, 1.165) is 6.21 Å². The monoisotopic (exact) mass is 151 g/mol. The maximum atomic E-state index is 11.6. The number of alkyl halides is 3. The third-order valence-corrected chi connectivity index (χ3v) is 0.794. The molecule has 58 valence electrons. The van der Waals surface area contributed by atoms with Crippen LogP contribution in [0.5, 0.6) is 0 Å². The van der Waals surface area contributed by atoms with Gasteiger partial charge in [-0.25, -0.2) is 0 Å². The quantitative estimate of drug-likeness (QED) is 0.536. The van der Waals surface area contributed by atoms with Gasteiger partial charge in [-0.05, 0) is 6.92 Å². The van der Waals surface area contributed by atoms with Gasteiger partial charge in [-0.15, -0.1) is 0 Å². The van der Waals surface area contributed by atoms with Gasteiger partial charge in [0.2, 0.25) is 0 Å². The van der Waals surface area contributed by atoms with Gasteiger partial charge in [0.1, 0.15) is 0 Å². The minimum Gasteiger partial charge on any atom is -0.293 e. The molecule has 0 spiro atoms. The lowest BCUT2D eigenvalue weighted by Crippen LogP contribution is -2.11. The minimum absolute atomic E-state index is 0.342. The highest BCUT2D eigenvalue weighted by atomic mass is 19.4. The van der Waals surface area contributed by atoms with Crippen LogP contribution in [0.3, 0.4) is 0 Å². The van der Waals surface area contributed by atoms with Gasteiger partial charge in [0.25, 0.3) is 0 Å². The molecule has 0 atom stereocenters. The minimum atomic E-state index is -4.33. The van der Waals surface area contributed by atoms with Crippen molar-refractivity contribution in [3.63, 3.8) is 0 Å². The summed E-state index contributed by atoms with van der Waals surface area (Å²) in [4.78, 5) is 3.39. The van der Waals surface area contributed by atoms with Crippen LogP contribution in [0.15, 0.2) is 17.1 Å². The number of aliphatic imine (C=N–C) groups is 1. The van der Waals surface area contributed by atoms with Gasteiger partial charge in [-0.1, -0.05) is 6.58 Å². The number of allylic oxidation sites excluding steroid dienone is 1. The summed E-state index contributed by atoms with van der Waals surface area (Å²) in [6.45, 7) is 4.78. The standard InChI is InChI=1S/C6H8F3N/c1-3-10-4-5(2)6(7,8)9/h4H,2-3H2,1H3. The highest BCUT2D eigenvalue weighted by molar-refractivity contribution is 5.79. The molecule has 0 radical (unpaired) electrons. The number of rotatable bonds is 2. The van der Waals surface area contributed by atoms with E-state index in [4.69, 9.17) is 0 Å². The Labute approximate surface area is 57.3 Å². The zero-order valence-corrected chi connectivity index (χ0v) is 5.57. The molecule has 0 N–H and O–H groups in total. The molecule has 0 rings (SSSR count). The molecule has 0 aliphatic carbocycles. The van der Waals surface area contributed by atoms with Crippen molar-refractivity contribution >= 4 is 6.21 Å². The molecule has 0 heterocycles. The van der Waals surface area contributed by atoms with Gasteiger partial charge >= 0.3 is 6.18 Å². The van der Waals surface area contributed by atoms with E-state index in [0.29, 0.717) is 6.54 Å². The van der Waals surface area contributed by atoms with Crippen LogP contribution >= 0.6 is 0 Å². The number of hydrogen-bond acceptors (Lipinski definition) is 1. The first-order valence-corrected chi connectivity index (χ1v) is 2.74. The Morgan fingerprint density at radius 2 is 2.10 bits per heavy atom. The van der Waals surface area contributed by atoms with Crippen LogP contribution in [-0.2, 0) is 0 Å². The van der Waals surface area contributed by atoms with Gasteiger partial charge in [0.15, 0.2) is 0 Å². The Morgan fingerprint density at radius 1 is 1.60 bits per heavy atom. The molecular weight excluding hydrogens is 143 g/mol. The molecular formula is C6H8F3N. The zero-order chi connectivity index (χ0) is 8.20. The fraction of sp³-hybridized carbons (Fsp3) is 0.500. The van der Waals surface area contributed by atoms with Crippen LogP contribution in [0.1, 0.15) is 6.92 Å². The van der Waals surface area contributed by atoms with Crippen molar-refractivity contribution in [2.24, 2.45) is 4.99 Å². The van der Waals surface area contributed by atoms with Crippen LogP contribution in [0, 0.1) is 0 Å². The lowest BCUT2D eigenvalue weighted by atomic mass is 10.3. The average molecular weight is 151 g/mol. The molecule has 10 heavy (non-hydrogen) atoms. The van der Waals surface area contributed by atoms with Crippen LogP contribution in [0.25, 0.3) is 0 Å². The summed E-state index contributed by atoms with van der Waals surface area (Å²) in [6, 6.07) is 0. The van der Waals surface area contributed by atoms with Crippen LogP contribution in [0.2, 0.25) is 0 Å². The zero-order valence-electron chi connectivity index (χ0n) is 5.57. The lowest BCUT2D eigenvalue weighted by Gasteiger charge is -2.02. The van der Waals surface area contributed by atoms with E-state index in [1.165, 1.54) is 0 Å². The van der Waals surface area contributed by atoms with E-state index < -0.39 is 11.7 Å². The average Bonchev–Trinajstić information content (AvgIpc) is 1.80. The summed E-state index contributed by atoms with van der Waals surface area (Å²) in [6.07, 6.45) is -3.60. The van der Waals surface area contributed by atoms with E-state index in [1.807, 2.05) is 0 Å². The van der Waals surface area contributed by atoms with Crippen molar-refractivity contribution in [2.45, 2.75) is 13.1 Å². The Kier molecular flexibility index (Phi) is 3.12. The van der Waals surface area contributed by atoms with Gasteiger partial charge in [0.05, 0.1) is 5.57 Å².